The Kier molecular flexibility index (Phi) is 3.67. The van der Waals surface area contributed by atoms with Crippen LogP contribution < -0.4 is 5.32 Å². The fraction of sp³-hybridized carbons (Fsp3) is 0.273. The number of hydrogen-bond acceptors (Lipinski definition) is 4. The van der Waals surface area contributed by atoms with E-state index in [9.17, 15) is 14.0 Å². The minimum absolute atomic E-state index is 0.264. The zero-order chi connectivity index (χ0) is 13.2. The zero-order valence-electron chi connectivity index (χ0n) is 9.32. The van der Waals surface area contributed by atoms with E-state index >= 15 is 0 Å². The van der Waals surface area contributed by atoms with Crippen molar-refractivity contribution < 1.29 is 24.2 Å². The van der Waals surface area contributed by atoms with Gasteiger partial charge in [-0.05, 0) is 19.9 Å². The molecule has 5 nitrogen and oxygen atoms in total. The maximum Gasteiger partial charge on any atom is 0.292 e. The Balaban J connectivity index is 3.05. The number of Topliss-reactive ketones (excluding diaryl/α,β-unsaturated/α-hetero) is 1. The molecule has 0 heterocycles. The molecule has 0 spiro atoms. The summed E-state index contributed by atoms with van der Waals surface area (Å²) in [5.74, 6) is -4.49. The van der Waals surface area contributed by atoms with Crippen molar-refractivity contribution in [2.24, 2.45) is 0 Å². The van der Waals surface area contributed by atoms with Crippen molar-refractivity contribution in [3.05, 3.63) is 23.5 Å². The van der Waals surface area contributed by atoms with Crippen LogP contribution in [0.25, 0.3) is 0 Å². The van der Waals surface area contributed by atoms with Crippen LogP contribution >= 0.6 is 0 Å². The number of aromatic hydroxyl groups is 2. The summed E-state index contributed by atoms with van der Waals surface area (Å²) in [6, 6.07) is 1.03. The Morgan fingerprint density at radius 3 is 2.29 bits per heavy atom. The third-order valence-corrected chi connectivity index (χ3v) is 1.93. The number of halogens is 1. The number of benzene rings is 1. The molecule has 0 radical (unpaired) electrons. The number of phenolic OH excluding ortho intramolecular Hbond substituents is 2. The highest BCUT2D eigenvalue weighted by Gasteiger charge is 2.22. The summed E-state index contributed by atoms with van der Waals surface area (Å²) in [7, 11) is 0. The van der Waals surface area contributed by atoms with Crippen molar-refractivity contribution in [2.75, 3.05) is 0 Å². The predicted molar refractivity (Wildman–Crippen MR) is 57.3 cm³/mol. The van der Waals surface area contributed by atoms with E-state index in [1.54, 1.807) is 13.8 Å². The summed E-state index contributed by atoms with van der Waals surface area (Å²) in [6.45, 7) is 3.30. The van der Waals surface area contributed by atoms with Crippen LogP contribution in [-0.4, -0.2) is 27.9 Å². The average molecular weight is 241 g/mol. The first kappa shape index (κ1) is 13.0. The number of nitrogens with one attached hydrogen (secondary N) is 1. The molecule has 1 aromatic rings. The van der Waals surface area contributed by atoms with Crippen molar-refractivity contribution in [3.8, 4) is 11.5 Å². The van der Waals surface area contributed by atoms with E-state index in [1.165, 1.54) is 0 Å². The van der Waals surface area contributed by atoms with Gasteiger partial charge in [0.25, 0.3) is 11.7 Å². The molecular formula is C11H12FNO4. The van der Waals surface area contributed by atoms with Crippen molar-refractivity contribution >= 4 is 11.7 Å². The molecule has 1 rings (SSSR count). The lowest BCUT2D eigenvalue weighted by Gasteiger charge is -2.08. The van der Waals surface area contributed by atoms with Gasteiger partial charge in [0.05, 0.1) is 5.56 Å². The van der Waals surface area contributed by atoms with Crippen LogP contribution in [0.2, 0.25) is 0 Å². The minimum Gasteiger partial charge on any atom is -0.504 e. The molecule has 6 heteroatoms. The number of rotatable bonds is 3. The SMILES string of the molecule is CC(C)NC(=O)C(=O)c1cc(O)c(O)cc1F. The highest BCUT2D eigenvalue weighted by molar-refractivity contribution is 6.43. The molecule has 17 heavy (non-hydrogen) atoms. The molecule has 0 aliphatic carbocycles. The molecule has 3 N–H and O–H groups in total. The van der Waals surface area contributed by atoms with Gasteiger partial charge in [-0.1, -0.05) is 0 Å². The number of hydrogen-bond donors (Lipinski definition) is 3. The summed E-state index contributed by atoms with van der Waals surface area (Å²) in [5.41, 5.74) is -0.585. The van der Waals surface area contributed by atoms with Crippen molar-refractivity contribution in [1.82, 2.24) is 5.32 Å². The second kappa shape index (κ2) is 4.82. The Bertz CT molecular complexity index is 471. The van der Waals surface area contributed by atoms with Crippen LogP contribution in [0.1, 0.15) is 24.2 Å². The lowest BCUT2D eigenvalue weighted by molar-refractivity contribution is -0.117. The lowest BCUT2D eigenvalue weighted by atomic mass is 10.1. The van der Waals surface area contributed by atoms with Gasteiger partial charge in [0.15, 0.2) is 11.5 Å². The van der Waals surface area contributed by atoms with Gasteiger partial charge in [-0.3, -0.25) is 9.59 Å². The van der Waals surface area contributed by atoms with E-state index in [0.29, 0.717) is 12.1 Å². The van der Waals surface area contributed by atoms with Gasteiger partial charge in [0.1, 0.15) is 5.82 Å². The second-order valence-electron chi connectivity index (χ2n) is 3.78. The number of amides is 1. The van der Waals surface area contributed by atoms with Gasteiger partial charge < -0.3 is 15.5 Å². The summed E-state index contributed by atoms with van der Waals surface area (Å²) in [6.07, 6.45) is 0. The van der Waals surface area contributed by atoms with Crippen LogP contribution in [0.3, 0.4) is 0 Å². The Morgan fingerprint density at radius 2 is 1.76 bits per heavy atom. The normalized spacial score (nSPS) is 10.4. The molecule has 0 saturated carbocycles. The number of carbonyl (C=O) groups excluding carboxylic acids is 2. The number of carbonyl (C=O) groups is 2. The molecule has 1 aromatic carbocycles. The van der Waals surface area contributed by atoms with Crippen molar-refractivity contribution in [1.29, 1.82) is 0 Å². The van der Waals surface area contributed by atoms with E-state index in [4.69, 9.17) is 10.2 Å². The third kappa shape index (κ3) is 2.93. The van der Waals surface area contributed by atoms with Crippen LogP contribution in [-0.2, 0) is 4.79 Å². The fourth-order valence-electron chi connectivity index (χ4n) is 1.18. The van der Waals surface area contributed by atoms with E-state index in [1.807, 2.05) is 0 Å². The van der Waals surface area contributed by atoms with Crippen molar-refractivity contribution in [3.63, 3.8) is 0 Å². The summed E-state index contributed by atoms with van der Waals surface area (Å²) in [4.78, 5) is 22.9. The largest absolute Gasteiger partial charge is 0.504 e. The molecule has 0 fully saturated rings. The van der Waals surface area contributed by atoms with Crippen LogP contribution in [0.4, 0.5) is 4.39 Å². The third-order valence-electron chi connectivity index (χ3n) is 1.93. The molecule has 0 unspecified atom stereocenters. The monoisotopic (exact) mass is 241 g/mol. The Morgan fingerprint density at radius 1 is 1.24 bits per heavy atom. The van der Waals surface area contributed by atoms with Gasteiger partial charge in [-0.2, -0.15) is 0 Å². The topological polar surface area (TPSA) is 86.6 Å². The van der Waals surface area contributed by atoms with Crippen molar-refractivity contribution in [2.45, 2.75) is 19.9 Å². The summed E-state index contributed by atoms with van der Waals surface area (Å²) >= 11 is 0. The Hall–Kier alpha value is -2.11. The first-order chi connectivity index (χ1) is 7.82. The standard InChI is InChI=1S/C11H12FNO4/c1-5(2)13-11(17)10(16)6-3-8(14)9(15)4-7(6)12/h3-5,14-15H,1-2H3,(H,13,17). The highest BCUT2D eigenvalue weighted by atomic mass is 19.1. The van der Waals surface area contributed by atoms with Crippen LogP contribution in [0.15, 0.2) is 12.1 Å². The molecule has 0 aromatic heterocycles. The van der Waals surface area contributed by atoms with Crippen LogP contribution in [0, 0.1) is 5.82 Å². The first-order valence-electron chi connectivity index (χ1n) is 4.89. The van der Waals surface area contributed by atoms with Gasteiger partial charge >= 0.3 is 0 Å². The molecule has 0 aliphatic rings. The molecule has 92 valence electrons. The second-order valence-corrected chi connectivity index (χ2v) is 3.78. The smallest absolute Gasteiger partial charge is 0.292 e. The molecule has 1 amide bonds. The van der Waals surface area contributed by atoms with E-state index in [-0.39, 0.29) is 6.04 Å². The summed E-state index contributed by atoms with van der Waals surface area (Å²) in [5, 5.41) is 20.4. The van der Waals surface area contributed by atoms with E-state index < -0.39 is 34.6 Å². The predicted octanol–water partition coefficient (Wildman–Crippen LogP) is 0.944. The molecule has 0 aliphatic heterocycles. The molecule has 0 atom stereocenters. The average Bonchev–Trinajstić information content (AvgIpc) is 2.21. The van der Waals surface area contributed by atoms with Gasteiger partial charge in [-0.15, -0.1) is 0 Å². The minimum atomic E-state index is -1.11. The maximum absolute atomic E-state index is 13.3. The number of phenols is 2. The van der Waals surface area contributed by atoms with Gasteiger partial charge in [-0.25, -0.2) is 4.39 Å². The van der Waals surface area contributed by atoms with Gasteiger partial charge in [0, 0.05) is 12.1 Å². The fourth-order valence-corrected chi connectivity index (χ4v) is 1.18. The highest BCUT2D eigenvalue weighted by Crippen LogP contribution is 2.27. The van der Waals surface area contributed by atoms with E-state index in [2.05, 4.69) is 5.32 Å². The van der Waals surface area contributed by atoms with E-state index in [0.717, 1.165) is 0 Å². The maximum atomic E-state index is 13.3. The zero-order valence-corrected chi connectivity index (χ0v) is 9.32. The quantitative estimate of drug-likeness (QED) is 0.417. The molecular weight excluding hydrogens is 229 g/mol. The Labute approximate surface area is 96.9 Å². The van der Waals surface area contributed by atoms with Crippen LogP contribution in [0.5, 0.6) is 11.5 Å². The number of ketones is 1. The molecule has 0 saturated heterocycles. The molecule has 0 bridgehead atoms. The van der Waals surface area contributed by atoms with Gasteiger partial charge in [0.2, 0.25) is 0 Å². The summed E-state index contributed by atoms with van der Waals surface area (Å²) < 4.78 is 13.3. The first-order valence-corrected chi connectivity index (χ1v) is 4.89. The lowest BCUT2D eigenvalue weighted by Crippen LogP contribution is -2.36.